The Kier molecular flexibility index (Phi) is 8.41. The number of amides is 5. The normalized spacial score (nSPS) is 23.2. The number of hydrogen-bond acceptors (Lipinski definition) is 7. The third-order valence-corrected chi connectivity index (χ3v) is 9.89. The van der Waals surface area contributed by atoms with Crippen LogP contribution in [0, 0.1) is 12.8 Å². The van der Waals surface area contributed by atoms with Crippen LogP contribution in [0.25, 0.3) is 0 Å². The van der Waals surface area contributed by atoms with Crippen molar-refractivity contribution in [1.29, 1.82) is 0 Å². The first kappa shape index (κ1) is 30.8. The van der Waals surface area contributed by atoms with Gasteiger partial charge in [0.25, 0.3) is 11.8 Å². The number of anilines is 2. The van der Waals surface area contributed by atoms with Crippen LogP contribution >= 0.6 is 0 Å². The quantitative estimate of drug-likeness (QED) is 0.358. The highest BCUT2D eigenvalue weighted by Gasteiger charge is 2.48. The maximum atomic E-state index is 13.8. The maximum absolute atomic E-state index is 13.8. The molecule has 0 spiro atoms. The van der Waals surface area contributed by atoms with Crippen LogP contribution in [0.5, 0.6) is 0 Å². The molecule has 10 heteroatoms. The Morgan fingerprint density at radius 3 is 2.29 bits per heavy atom. The van der Waals surface area contributed by atoms with E-state index >= 15 is 0 Å². The third kappa shape index (κ3) is 5.82. The number of hydrogen-bond donors (Lipinski definition) is 3. The predicted octanol–water partition coefficient (Wildman–Crippen LogP) is 4.41. The van der Waals surface area contributed by atoms with Crippen LogP contribution in [-0.4, -0.2) is 59.6 Å². The Bertz CT molecular complexity index is 1560. The molecule has 1 saturated heterocycles. The molecule has 0 radical (unpaired) electrons. The van der Waals surface area contributed by atoms with E-state index < -0.39 is 29.7 Å². The molecule has 2 aromatic carbocycles. The van der Waals surface area contributed by atoms with Crippen molar-refractivity contribution in [2.75, 3.05) is 17.3 Å². The van der Waals surface area contributed by atoms with Gasteiger partial charge in [-0.15, -0.1) is 0 Å². The zero-order valence-corrected chi connectivity index (χ0v) is 26.6. The van der Waals surface area contributed by atoms with Gasteiger partial charge < -0.3 is 15.5 Å². The molecule has 1 atom stereocenters. The Morgan fingerprint density at radius 2 is 1.67 bits per heavy atom. The zero-order valence-electron chi connectivity index (χ0n) is 26.6. The fourth-order valence-corrected chi connectivity index (χ4v) is 7.50. The molecule has 3 fully saturated rings. The average Bonchev–Trinajstić information content (AvgIpc) is 3.82. The van der Waals surface area contributed by atoms with Crippen molar-refractivity contribution >= 4 is 40.9 Å². The molecule has 238 valence electrons. The Balaban J connectivity index is 1.13. The van der Waals surface area contributed by atoms with Crippen molar-refractivity contribution in [3.63, 3.8) is 0 Å². The molecule has 2 aliphatic heterocycles. The number of nitrogens with zero attached hydrogens (tertiary/aromatic N) is 2. The van der Waals surface area contributed by atoms with Crippen LogP contribution in [-0.2, 0) is 20.9 Å². The lowest BCUT2D eigenvalue weighted by Crippen LogP contribution is -2.54. The van der Waals surface area contributed by atoms with E-state index in [0.29, 0.717) is 23.6 Å². The molecule has 1 unspecified atom stereocenters. The van der Waals surface area contributed by atoms with Crippen LogP contribution in [0.4, 0.5) is 11.4 Å². The number of fused-ring (bicyclic) bond motifs is 1. The van der Waals surface area contributed by atoms with Gasteiger partial charge in [0.05, 0.1) is 16.8 Å². The summed E-state index contributed by atoms with van der Waals surface area (Å²) in [6.07, 6.45) is 5.35. The standard InChI is InChI=1S/C35H43N5O5/c1-19(2)26-17-21(16-20(3)31(26)36-4)18-37-32(42)22-8-10-23(11-9-22)39(24-12-13-24)27-7-5-6-25-30(27)35(45)40(34(25)44)28-14-15-29(41)38-33(28)43/h5-7,16-17,19,22-24,28,36H,8-15,18H2,1-4H3,(H,37,42)(H,38,41,43)/t22-,23-,28?. The molecule has 6 rings (SSSR count). The number of carbonyl (C=O) groups is 5. The second kappa shape index (κ2) is 12.3. The largest absolute Gasteiger partial charge is 0.388 e. The summed E-state index contributed by atoms with van der Waals surface area (Å²) in [6.45, 7) is 6.93. The van der Waals surface area contributed by atoms with Gasteiger partial charge in [-0.25, -0.2) is 0 Å². The summed E-state index contributed by atoms with van der Waals surface area (Å²) in [5, 5.41) is 8.76. The third-order valence-electron chi connectivity index (χ3n) is 9.89. The lowest BCUT2D eigenvalue weighted by atomic mass is 9.84. The summed E-state index contributed by atoms with van der Waals surface area (Å²) in [4.78, 5) is 68.1. The molecular weight excluding hydrogens is 570 g/mol. The molecule has 0 bridgehead atoms. The molecule has 5 amide bonds. The van der Waals surface area contributed by atoms with E-state index in [0.717, 1.165) is 60.4 Å². The van der Waals surface area contributed by atoms with E-state index in [2.05, 4.69) is 53.8 Å². The minimum atomic E-state index is -0.992. The van der Waals surface area contributed by atoms with Crippen molar-refractivity contribution in [1.82, 2.24) is 15.5 Å². The summed E-state index contributed by atoms with van der Waals surface area (Å²) in [6, 6.07) is 9.10. The molecule has 2 heterocycles. The minimum absolute atomic E-state index is 0.0720. The number of imide groups is 2. The number of carbonyl (C=O) groups excluding carboxylic acids is 5. The van der Waals surface area contributed by atoms with Crippen LogP contribution in [0.1, 0.15) is 109 Å². The first-order chi connectivity index (χ1) is 21.6. The van der Waals surface area contributed by atoms with Gasteiger partial charge in [-0.2, -0.15) is 0 Å². The van der Waals surface area contributed by atoms with E-state index in [4.69, 9.17) is 0 Å². The van der Waals surface area contributed by atoms with Gasteiger partial charge in [0.15, 0.2) is 0 Å². The predicted molar refractivity (Wildman–Crippen MR) is 171 cm³/mol. The Hall–Kier alpha value is -4.21. The summed E-state index contributed by atoms with van der Waals surface area (Å²) in [7, 11) is 1.94. The molecule has 4 aliphatic rings. The van der Waals surface area contributed by atoms with Crippen molar-refractivity contribution in [2.45, 2.75) is 103 Å². The van der Waals surface area contributed by atoms with Crippen molar-refractivity contribution in [2.24, 2.45) is 5.92 Å². The van der Waals surface area contributed by atoms with Gasteiger partial charge in [0.1, 0.15) is 6.04 Å². The SMILES string of the molecule is CNc1c(C)cc(CNC(=O)[C@H]2CC[C@H](N(c3cccc4c3C(=O)N(C3CCC(=O)NC3=O)C4=O)C3CC3)CC2)cc1C(C)C. The molecular formula is C35H43N5O5. The average molecular weight is 614 g/mol. The van der Waals surface area contributed by atoms with Gasteiger partial charge in [0.2, 0.25) is 17.7 Å². The highest BCUT2D eigenvalue weighted by molar-refractivity contribution is 6.25. The summed E-state index contributed by atoms with van der Waals surface area (Å²) >= 11 is 0. The van der Waals surface area contributed by atoms with E-state index in [1.807, 2.05) is 13.1 Å². The van der Waals surface area contributed by atoms with Crippen LogP contribution in [0.3, 0.4) is 0 Å². The maximum Gasteiger partial charge on any atom is 0.264 e. The van der Waals surface area contributed by atoms with Gasteiger partial charge in [0, 0.05) is 43.7 Å². The summed E-state index contributed by atoms with van der Waals surface area (Å²) in [5.74, 6) is -1.59. The number of benzene rings is 2. The van der Waals surface area contributed by atoms with Crippen molar-refractivity contribution in [3.8, 4) is 0 Å². The molecule has 0 aromatic heterocycles. The summed E-state index contributed by atoms with van der Waals surface area (Å²) < 4.78 is 0. The second-order valence-electron chi connectivity index (χ2n) is 13.3. The van der Waals surface area contributed by atoms with Gasteiger partial charge in [-0.3, -0.25) is 34.2 Å². The lowest BCUT2D eigenvalue weighted by Gasteiger charge is -2.39. The van der Waals surface area contributed by atoms with Crippen LogP contribution in [0.2, 0.25) is 0 Å². The number of rotatable bonds is 9. The second-order valence-corrected chi connectivity index (χ2v) is 13.3. The van der Waals surface area contributed by atoms with E-state index in [1.54, 1.807) is 12.1 Å². The zero-order chi connectivity index (χ0) is 32.0. The van der Waals surface area contributed by atoms with Crippen LogP contribution < -0.4 is 20.9 Å². The first-order valence-corrected chi connectivity index (χ1v) is 16.3. The van der Waals surface area contributed by atoms with Crippen molar-refractivity contribution in [3.05, 3.63) is 58.1 Å². The molecule has 3 N–H and O–H groups in total. The van der Waals surface area contributed by atoms with Gasteiger partial charge >= 0.3 is 0 Å². The van der Waals surface area contributed by atoms with Gasteiger partial charge in [-0.1, -0.05) is 32.0 Å². The smallest absolute Gasteiger partial charge is 0.264 e. The van der Waals surface area contributed by atoms with E-state index in [1.165, 1.54) is 11.1 Å². The molecule has 2 saturated carbocycles. The van der Waals surface area contributed by atoms with E-state index in [9.17, 15) is 24.0 Å². The topological polar surface area (TPSA) is 128 Å². The van der Waals surface area contributed by atoms with Crippen molar-refractivity contribution < 1.29 is 24.0 Å². The number of nitrogens with one attached hydrogen (secondary N) is 3. The first-order valence-electron chi connectivity index (χ1n) is 16.3. The number of piperidine rings is 1. The molecule has 2 aromatic rings. The molecule has 45 heavy (non-hydrogen) atoms. The molecule has 10 nitrogen and oxygen atoms in total. The minimum Gasteiger partial charge on any atom is -0.388 e. The Morgan fingerprint density at radius 1 is 0.978 bits per heavy atom. The highest BCUT2D eigenvalue weighted by atomic mass is 16.2. The number of aryl methyl sites for hydroxylation is 1. The fraction of sp³-hybridized carbons (Fsp3) is 0.514. The lowest BCUT2D eigenvalue weighted by molar-refractivity contribution is -0.136. The highest BCUT2D eigenvalue weighted by Crippen LogP contribution is 2.43. The monoisotopic (exact) mass is 613 g/mol. The van der Waals surface area contributed by atoms with Crippen LogP contribution in [0.15, 0.2) is 30.3 Å². The van der Waals surface area contributed by atoms with Gasteiger partial charge in [-0.05, 0) is 86.6 Å². The Labute approximate surface area is 264 Å². The fourth-order valence-electron chi connectivity index (χ4n) is 7.50. The van der Waals surface area contributed by atoms with E-state index in [-0.39, 0.29) is 36.8 Å². The summed E-state index contributed by atoms with van der Waals surface area (Å²) in [5.41, 5.74) is 6.05. The molecule has 2 aliphatic carbocycles.